The van der Waals surface area contributed by atoms with Crippen molar-refractivity contribution in [1.29, 1.82) is 10.5 Å². The zero-order chi connectivity index (χ0) is 55.8. The number of rotatable bonds is 15. The van der Waals surface area contributed by atoms with E-state index >= 15 is 0 Å². The van der Waals surface area contributed by atoms with E-state index in [2.05, 4.69) is 51.4 Å². The molecule has 0 aliphatic rings. The molecule has 0 amide bonds. The Morgan fingerprint density at radius 3 is 1.43 bits per heavy atom. The van der Waals surface area contributed by atoms with E-state index in [1.807, 2.05) is 134 Å². The average molecular weight is 1120 g/mol. The number of nitriles is 2. The summed E-state index contributed by atoms with van der Waals surface area (Å²) >= 11 is 13.2. The third kappa shape index (κ3) is 10.1. The number of ether oxygens (including phenoxy) is 1. The van der Waals surface area contributed by atoms with Crippen LogP contribution in [-0.2, 0) is 10.1 Å². The summed E-state index contributed by atoms with van der Waals surface area (Å²) in [5.41, 5.74) is 8.94. The Hall–Kier alpha value is -9.34. The third-order valence-corrected chi connectivity index (χ3v) is 15.6. The molecular weight excluding hydrogens is 1070 g/mol. The quantitative estimate of drug-likeness (QED) is 0.0591. The molecule has 392 valence electrons. The Bertz CT molecular complexity index is 4510. The first-order chi connectivity index (χ1) is 39.5. The van der Waals surface area contributed by atoms with Gasteiger partial charge in [-0.3, -0.25) is 4.55 Å². The van der Waals surface area contributed by atoms with Crippen LogP contribution in [0.5, 0.6) is 5.75 Å². The zero-order valence-electron chi connectivity index (χ0n) is 43.2. The second-order valence-electron chi connectivity index (χ2n) is 19.4. The van der Waals surface area contributed by atoms with Crippen molar-refractivity contribution < 1.29 is 26.5 Å². The third-order valence-electron chi connectivity index (χ3n) is 14.3. The highest BCUT2D eigenvalue weighted by atomic mass is 35.5. The highest BCUT2D eigenvalue weighted by molar-refractivity contribution is 7.85. The van der Waals surface area contributed by atoms with Crippen molar-refractivity contribution in [2.75, 3.05) is 12.4 Å². The molecule has 0 radical (unpaired) electrons. The molecule has 0 bridgehead atoms. The van der Waals surface area contributed by atoms with Crippen molar-refractivity contribution in [3.63, 3.8) is 0 Å². The molecular formula is C64H44B2Cl2N6O6S. The Balaban J connectivity index is 1.39. The Morgan fingerprint density at radius 1 is 0.580 bits per heavy atom. The number of nitrogens with zero attached hydrogens (tertiary/aromatic N) is 6. The van der Waals surface area contributed by atoms with E-state index in [4.69, 9.17) is 46.7 Å². The molecule has 17 heteroatoms. The van der Waals surface area contributed by atoms with Crippen LogP contribution in [-0.4, -0.2) is 57.9 Å². The lowest BCUT2D eigenvalue weighted by molar-refractivity contribution is 0.316. The van der Waals surface area contributed by atoms with Gasteiger partial charge in [0.25, 0.3) is 10.1 Å². The molecule has 0 atom stereocenters. The maximum Gasteiger partial charge on any atom is 0.328 e. The lowest BCUT2D eigenvalue weighted by Gasteiger charge is -2.24. The molecule has 0 saturated carbocycles. The van der Waals surface area contributed by atoms with Crippen LogP contribution in [0.1, 0.15) is 23.8 Å². The monoisotopic (exact) mass is 1120 g/mol. The van der Waals surface area contributed by atoms with E-state index in [1.165, 1.54) is 0 Å². The van der Waals surface area contributed by atoms with Gasteiger partial charge in [0.15, 0.2) is 11.2 Å². The van der Waals surface area contributed by atoms with Crippen molar-refractivity contribution in [3.05, 3.63) is 244 Å². The Kier molecular flexibility index (Phi) is 14.3. The first kappa shape index (κ1) is 52.4. The SMILES string of the molecule is Cc1ccccc1-c1c2/c(=C(\C#N)c3nc4ccc(Cl)cc4o3)n(B(c3ccccc3)c3ccccc3)c(-c3ccc(OCCCS(=O)(=O)O)cc3)c2/c(=C(\C#N)c2nc3ccc(Cl)cc3o2)n1B(c1ccccc1)c1ccccc1. The molecule has 0 aliphatic carbocycles. The fourth-order valence-electron chi connectivity index (χ4n) is 10.9. The minimum absolute atomic E-state index is 0.00749. The van der Waals surface area contributed by atoms with Gasteiger partial charge in [-0.2, -0.15) is 18.9 Å². The molecule has 4 aromatic heterocycles. The molecule has 0 aliphatic heterocycles. The van der Waals surface area contributed by atoms with Gasteiger partial charge in [0.1, 0.15) is 40.1 Å². The summed E-state index contributed by atoms with van der Waals surface area (Å²) < 4.78 is 56.7. The smallest absolute Gasteiger partial charge is 0.328 e. The highest BCUT2D eigenvalue weighted by Gasteiger charge is 2.38. The Morgan fingerprint density at radius 2 is 1.00 bits per heavy atom. The Labute approximate surface area is 476 Å². The van der Waals surface area contributed by atoms with Gasteiger partial charge < -0.3 is 22.5 Å². The normalized spacial score (nSPS) is 12.3. The summed E-state index contributed by atoms with van der Waals surface area (Å²) in [4.78, 5) is 10.1. The van der Waals surface area contributed by atoms with Crippen LogP contribution in [0.4, 0.5) is 0 Å². The largest absolute Gasteiger partial charge is 0.494 e. The van der Waals surface area contributed by atoms with Crippen LogP contribution in [0, 0.1) is 29.6 Å². The summed E-state index contributed by atoms with van der Waals surface area (Å²) in [5, 5.41) is 27.2. The number of aryl methyl sites for hydroxylation is 1. The first-order valence-electron chi connectivity index (χ1n) is 25.9. The predicted octanol–water partition coefficient (Wildman–Crippen LogP) is 10.1. The van der Waals surface area contributed by atoms with Crippen LogP contribution >= 0.6 is 23.2 Å². The maximum atomic E-state index is 12.2. The number of oxazole rings is 2. The number of halogens is 2. The summed E-state index contributed by atoms with van der Waals surface area (Å²) in [6, 6.07) is 71.2. The van der Waals surface area contributed by atoms with Gasteiger partial charge in [-0.25, -0.2) is 9.97 Å². The highest BCUT2D eigenvalue weighted by Crippen LogP contribution is 2.38. The molecule has 8 aromatic carbocycles. The van der Waals surface area contributed by atoms with Crippen LogP contribution < -0.4 is 37.3 Å². The molecule has 0 saturated heterocycles. The summed E-state index contributed by atoms with van der Waals surface area (Å²) in [7, 11) is -4.22. The number of fused-ring (bicyclic) bond motifs is 3. The van der Waals surface area contributed by atoms with Gasteiger partial charge in [-0.05, 0) is 73.0 Å². The van der Waals surface area contributed by atoms with Crippen molar-refractivity contribution in [3.8, 4) is 40.4 Å². The average Bonchev–Trinajstić information content (AvgIpc) is 2.17. The van der Waals surface area contributed by atoms with Crippen molar-refractivity contribution in [2.24, 2.45) is 0 Å². The molecule has 1 N–H and O–H groups in total. The number of aromatic nitrogens is 4. The van der Waals surface area contributed by atoms with Gasteiger partial charge in [0.05, 0.1) is 23.1 Å². The van der Waals surface area contributed by atoms with Gasteiger partial charge in [0.2, 0.25) is 11.8 Å². The molecule has 0 unspecified atom stereocenters. The van der Waals surface area contributed by atoms with Gasteiger partial charge in [-0.1, -0.05) is 191 Å². The molecule has 12 nitrogen and oxygen atoms in total. The number of hydrogen-bond donors (Lipinski definition) is 1. The molecule has 12 aromatic rings. The number of benzene rings is 8. The van der Waals surface area contributed by atoms with Gasteiger partial charge >= 0.3 is 13.7 Å². The topological polar surface area (TPSA) is 173 Å². The van der Waals surface area contributed by atoms with Crippen LogP contribution in [0.2, 0.25) is 10.0 Å². The van der Waals surface area contributed by atoms with E-state index in [-0.39, 0.29) is 36.0 Å². The maximum absolute atomic E-state index is 12.2. The summed E-state index contributed by atoms with van der Waals surface area (Å²) in [5.74, 6) is 0.0273. The zero-order valence-corrected chi connectivity index (χ0v) is 45.6. The van der Waals surface area contributed by atoms with Crippen molar-refractivity contribution in [2.45, 2.75) is 13.3 Å². The molecule has 0 fully saturated rings. The fourth-order valence-corrected chi connectivity index (χ4v) is 11.7. The molecule has 81 heavy (non-hydrogen) atoms. The second-order valence-corrected chi connectivity index (χ2v) is 21.8. The molecule has 0 spiro atoms. The van der Waals surface area contributed by atoms with E-state index in [0.29, 0.717) is 76.4 Å². The van der Waals surface area contributed by atoms with E-state index in [0.717, 1.165) is 33.0 Å². The minimum Gasteiger partial charge on any atom is -0.494 e. The van der Waals surface area contributed by atoms with Crippen LogP contribution in [0.25, 0.3) is 66.6 Å². The molecule has 4 heterocycles. The van der Waals surface area contributed by atoms with Gasteiger partial charge in [0, 0.05) is 49.9 Å². The van der Waals surface area contributed by atoms with E-state index in [1.54, 1.807) is 48.5 Å². The van der Waals surface area contributed by atoms with E-state index in [9.17, 15) is 23.5 Å². The fraction of sp³-hybridized carbons (Fsp3) is 0.0625. The van der Waals surface area contributed by atoms with Crippen LogP contribution in [0.3, 0.4) is 0 Å². The van der Waals surface area contributed by atoms with Crippen molar-refractivity contribution in [1.82, 2.24) is 18.9 Å². The summed E-state index contributed by atoms with van der Waals surface area (Å²) in [6.45, 7) is 0.703. The van der Waals surface area contributed by atoms with E-state index < -0.39 is 29.6 Å². The lowest BCUT2D eigenvalue weighted by atomic mass is 9.50. The van der Waals surface area contributed by atoms with Gasteiger partial charge in [-0.15, -0.1) is 0 Å². The lowest BCUT2D eigenvalue weighted by Crippen LogP contribution is -2.54. The first-order valence-corrected chi connectivity index (χ1v) is 28.3. The van der Waals surface area contributed by atoms with Crippen LogP contribution in [0.15, 0.2) is 215 Å². The summed E-state index contributed by atoms with van der Waals surface area (Å²) in [6.07, 6.45) is 0.0510. The van der Waals surface area contributed by atoms with Crippen molar-refractivity contribution >= 4 is 113 Å². The second kappa shape index (κ2) is 22.1. The minimum atomic E-state index is -4.22. The standard InChI is InChI=1S/C64H44B2Cl2N6O6S/c1-41-17-14-15-26-50(41)60-58-57(61(51(39-69)63-71-53-33-29-47(67)37-55(53)79-63)74(60)66(45-22-10-4-11-23-45)46-24-12-5-13-25-46)59(42-27-31-49(32-28-42)78-35-16-36-81(75,76)77)73(65(43-18-6-2-7-19-43)44-20-8-3-9-21-44)62(58)52(40-70)64-72-54-34-30-48(68)38-56(54)80-64/h2-15,17-34,37-38H,16,35-36H2,1H3,(H,75,76,77)/b61-51-,62-52-. The molecule has 12 rings (SSSR count). The predicted molar refractivity (Wildman–Crippen MR) is 322 cm³/mol. The number of hydrogen-bond acceptors (Lipinski definition) is 9.